The van der Waals surface area contributed by atoms with Gasteiger partial charge in [0.05, 0.1) is 0 Å². The molecule has 0 saturated heterocycles. The van der Waals surface area contributed by atoms with Gasteiger partial charge in [0.2, 0.25) is 0 Å². The first-order valence-electron chi connectivity index (χ1n) is 6.79. The summed E-state index contributed by atoms with van der Waals surface area (Å²) in [6, 6.07) is 10.00. The van der Waals surface area contributed by atoms with Gasteiger partial charge >= 0.3 is 0 Å². The van der Waals surface area contributed by atoms with Crippen LogP contribution in [0, 0.1) is 0 Å². The summed E-state index contributed by atoms with van der Waals surface area (Å²) < 4.78 is 0. The summed E-state index contributed by atoms with van der Waals surface area (Å²) in [6.45, 7) is 5.56. The number of hydrogen-bond acceptors (Lipinski definition) is 2. The SMILES string of the molecule is CCCNC(C)c1ccccc1N(C)C1CC1. The second kappa shape index (κ2) is 5.54. The van der Waals surface area contributed by atoms with Gasteiger partial charge in [-0.3, -0.25) is 0 Å². The van der Waals surface area contributed by atoms with Crippen LogP contribution in [0.3, 0.4) is 0 Å². The third-order valence-electron chi connectivity index (χ3n) is 3.58. The highest BCUT2D eigenvalue weighted by Crippen LogP contribution is 2.34. The van der Waals surface area contributed by atoms with E-state index in [1.807, 2.05) is 0 Å². The van der Waals surface area contributed by atoms with Gasteiger partial charge in [-0.05, 0) is 44.4 Å². The van der Waals surface area contributed by atoms with Crippen LogP contribution < -0.4 is 10.2 Å². The van der Waals surface area contributed by atoms with Crippen LogP contribution >= 0.6 is 0 Å². The molecule has 0 aromatic heterocycles. The average molecular weight is 232 g/mol. The molecule has 1 atom stereocenters. The molecule has 17 heavy (non-hydrogen) atoms. The van der Waals surface area contributed by atoms with Crippen molar-refractivity contribution in [3.05, 3.63) is 29.8 Å². The van der Waals surface area contributed by atoms with Crippen LogP contribution in [0.1, 0.15) is 44.7 Å². The number of rotatable bonds is 6. The zero-order chi connectivity index (χ0) is 12.3. The largest absolute Gasteiger partial charge is 0.371 e. The number of benzene rings is 1. The molecule has 1 aromatic rings. The molecule has 1 unspecified atom stereocenters. The molecule has 1 fully saturated rings. The summed E-state index contributed by atoms with van der Waals surface area (Å²) in [5.74, 6) is 0. The summed E-state index contributed by atoms with van der Waals surface area (Å²) in [4.78, 5) is 2.44. The molecule has 2 heteroatoms. The first kappa shape index (κ1) is 12.4. The molecule has 1 N–H and O–H groups in total. The predicted octanol–water partition coefficient (Wildman–Crippen LogP) is 3.35. The van der Waals surface area contributed by atoms with Gasteiger partial charge < -0.3 is 10.2 Å². The van der Waals surface area contributed by atoms with Gasteiger partial charge in [0.15, 0.2) is 0 Å². The summed E-state index contributed by atoms with van der Waals surface area (Å²) in [7, 11) is 2.23. The highest BCUT2D eigenvalue weighted by molar-refractivity contribution is 5.55. The molecule has 0 spiro atoms. The van der Waals surface area contributed by atoms with Crippen LogP contribution in [0.15, 0.2) is 24.3 Å². The molecule has 94 valence electrons. The molecule has 0 amide bonds. The van der Waals surface area contributed by atoms with E-state index in [9.17, 15) is 0 Å². The Morgan fingerprint density at radius 3 is 2.71 bits per heavy atom. The molecule has 1 saturated carbocycles. The van der Waals surface area contributed by atoms with E-state index in [0.29, 0.717) is 6.04 Å². The molecule has 2 nitrogen and oxygen atoms in total. The Bertz CT molecular complexity index is 358. The van der Waals surface area contributed by atoms with Gasteiger partial charge in [-0.25, -0.2) is 0 Å². The molecule has 0 heterocycles. The monoisotopic (exact) mass is 232 g/mol. The Hall–Kier alpha value is -1.02. The van der Waals surface area contributed by atoms with Gasteiger partial charge in [-0.1, -0.05) is 25.1 Å². The minimum Gasteiger partial charge on any atom is -0.371 e. The molecule has 0 radical (unpaired) electrons. The zero-order valence-electron chi connectivity index (χ0n) is 11.2. The van der Waals surface area contributed by atoms with Crippen molar-refractivity contribution in [3.8, 4) is 0 Å². The highest BCUT2D eigenvalue weighted by Gasteiger charge is 2.28. The number of anilines is 1. The Morgan fingerprint density at radius 2 is 2.06 bits per heavy atom. The van der Waals surface area contributed by atoms with Crippen molar-refractivity contribution in [1.29, 1.82) is 0 Å². The van der Waals surface area contributed by atoms with Gasteiger partial charge in [-0.2, -0.15) is 0 Å². The molecule has 1 aliphatic rings. The Morgan fingerprint density at radius 1 is 1.35 bits per heavy atom. The Labute approximate surface area is 105 Å². The van der Waals surface area contributed by atoms with Gasteiger partial charge in [-0.15, -0.1) is 0 Å². The van der Waals surface area contributed by atoms with Crippen molar-refractivity contribution in [2.45, 2.75) is 45.2 Å². The van der Waals surface area contributed by atoms with Gasteiger partial charge in [0, 0.05) is 24.8 Å². The lowest BCUT2D eigenvalue weighted by molar-refractivity contribution is 0.570. The first-order valence-corrected chi connectivity index (χ1v) is 6.79. The maximum absolute atomic E-state index is 3.58. The lowest BCUT2D eigenvalue weighted by atomic mass is 10.1. The van der Waals surface area contributed by atoms with Crippen LogP contribution in [0.25, 0.3) is 0 Å². The molecule has 0 aliphatic heterocycles. The Balaban J connectivity index is 2.14. The molecule has 2 rings (SSSR count). The standard InChI is InChI=1S/C15H24N2/c1-4-11-16-12(2)14-7-5-6-8-15(14)17(3)13-9-10-13/h5-8,12-13,16H,4,9-11H2,1-3H3. The second-order valence-corrected chi connectivity index (χ2v) is 5.08. The van der Waals surface area contributed by atoms with Crippen LogP contribution in [-0.2, 0) is 0 Å². The minimum absolute atomic E-state index is 0.437. The maximum atomic E-state index is 3.58. The second-order valence-electron chi connectivity index (χ2n) is 5.08. The summed E-state index contributed by atoms with van der Waals surface area (Å²) in [5.41, 5.74) is 2.82. The molecular formula is C15H24N2. The molecule has 1 aromatic carbocycles. The van der Waals surface area contributed by atoms with E-state index in [1.165, 1.54) is 30.5 Å². The van der Waals surface area contributed by atoms with Gasteiger partial charge in [0.1, 0.15) is 0 Å². The predicted molar refractivity (Wildman–Crippen MR) is 74.6 cm³/mol. The fourth-order valence-corrected chi connectivity index (χ4v) is 2.30. The fraction of sp³-hybridized carbons (Fsp3) is 0.600. The van der Waals surface area contributed by atoms with Crippen LogP contribution in [0.2, 0.25) is 0 Å². The molecule has 1 aliphatic carbocycles. The average Bonchev–Trinajstić information content (AvgIpc) is 3.19. The van der Waals surface area contributed by atoms with Crippen LogP contribution in [-0.4, -0.2) is 19.6 Å². The van der Waals surface area contributed by atoms with E-state index in [2.05, 4.69) is 55.4 Å². The van der Waals surface area contributed by atoms with Crippen LogP contribution in [0.4, 0.5) is 5.69 Å². The zero-order valence-corrected chi connectivity index (χ0v) is 11.2. The summed E-state index contributed by atoms with van der Waals surface area (Å²) in [6.07, 6.45) is 3.88. The smallest absolute Gasteiger partial charge is 0.0414 e. The van der Waals surface area contributed by atoms with Crippen molar-refractivity contribution < 1.29 is 0 Å². The van der Waals surface area contributed by atoms with E-state index in [-0.39, 0.29) is 0 Å². The van der Waals surface area contributed by atoms with Gasteiger partial charge in [0.25, 0.3) is 0 Å². The maximum Gasteiger partial charge on any atom is 0.0414 e. The number of para-hydroxylation sites is 1. The van der Waals surface area contributed by atoms with Crippen molar-refractivity contribution in [1.82, 2.24) is 5.32 Å². The normalized spacial score (nSPS) is 16.9. The van der Waals surface area contributed by atoms with E-state index < -0.39 is 0 Å². The van der Waals surface area contributed by atoms with Crippen molar-refractivity contribution in [2.75, 3.05) is 18.5 Å². The number of hydrogen-bond donors (Lipinski definition) is 1. The summed E-state index contributed by atoms with van der Waals surface area (Å²) in [5, 5.41) is 3.58. The topological polar surface area (TPSA) is 15.3 Å². The van der Waals surface area contributed by atoms with E-state index >= 15 is 0 Å². The van der Waals surface area contributed by atoms with Crippen molar-refractivity contribution in [2.24, 2.45) is 0 Å². The highest BCUT2D eigenvalue weighted by atomic mass is 15.2. The quantitative estimate of drug-likeness (QED) is 0.809. The first-order chi connectivity index (χ1) is 8.24. The third kappa shape index (κ3) is 3.01. The van der Waals surface area contributed by atoms with Crippen LogP contribution in [0.5, 0.6) is 0 Å². The minimum atomic E-state index is 0.437. The number of nitrogens with one attached hydrogen (secondary N) is 1. The third-order valence-corrected chi connectivity index (χ3v) is 3.58. The van der Waals surface area contributed by atoms with E-state index in [1.54, 1.807) is 0 Å². The van der Waals surface area contributed by atoms with Crippen molar-refractivity contribution in [3.63, 3.8) is 0 Å². The lowest BCUT2D eigenvalue weighted by Crippen LogP contribution is -2.25. The molecule has 0 bridgehead atoms. The summed E-state index contributed by atoms with van der Waals surface area (Å²) >= 11 is 0. The van der Waals surface area contributed by atoms with Crippen molar-refractivity contribution >= 4 is 5.69 Å². The molecular weight excluding hydrogens is 208 g/mol. The fourth-order valence-electron chi connectivity index (χ4n) is 2.30. The van der Waals surface area contributed by atoms with E-state index in [0.717, 1.165) is 12.6 Å². The number of nitrogens with zero attached hydrogens (tertiary/aromatic N) is 1. The Kier molecular flexibility index (Phi) is 4.06. The lowest BCUT2D eigenvalue weighted by Gasteiger charge is -2.25. The van der Waals surface area contributed by atoms with E-state index in [4.69, 9.17) is 0 Å².